The number of ether oxygens (including phenoxy) is 1. The highest BCUT2D eigenvalue weighted by Gasteiger charge is 2.20. The molecular formula is C13H12BrFN2O3. The van der Waals surface area contributed by atoms with E-state index >= 15 is 0 Å². The van der Waals surface area contributed by atoms with E-state index in [1.54, 1.807) is 24.3 Å². The third-order valence-corrected chi connectivity index (χ3v) is 3.11. The highest BCUT2D eigenvalue weighted by atomic mass is 79.9. The van der Waals surface area contributed by atoms with Gasteiger partial charge in [-0.15, -0.1) is 0 Å². The minimum atomic E-state index is -1.02. The minimum Gasteiger partial charge on any atom is -0.480 e. The number of primary amides is 1. The topological polar surface area (TPSA) is 78.4 Å². The molecule has 1 aromatic carbocycles. The zero-order chi connectivity index (χ0) is 14.5. The van der Waals surface area contributed by atoms with Gasteiger partial charge in [-0.2, -0.15) is 0 Å². The van der Waals surface area contributed by atoms with Crippen LogP contribution in [0.4, 0.5) is 4.39 Å². The number of hydrogen-bond acceptors (Lipinski definition) is 4. The summed E-state index contributed by atoms with van der Waals surface area (Å²) in [5, 5.41) is 3.82. The molecule has 0 saturated carbocycles. The van der Waals surface area contributed by atoms with Crippen LogP contribution in [-0.2, 0) is 4.79 Å². The predicted octanol–water partition coefficient (Wildman–Crippen LogP) is 2.70. The molecular weight excluding hydrogens is 331 g/mol. The van der Waals surface area contributed by atoms with Gasteiger partial charge in [-0.05, 0) is 18.2 Å². The van der Waals surface area contributed by atoms with Crippen molar-refractivity contribution in [2.24, 2.45) is 5.73 Å². The Morgan fingerprint density at radius 1 is 1.50 bits per heavy atom. The zero-order valence-electron chi connectivity index (χ0n) is 10.4. The Bertz CT molecular complexity index is 589. The number of carbonyl (C=O) groups is 1. The van der Waals surface area contributed by atoms with Crippen molar-refractivity contribution in [1.29, 1.82) is 0 Å². The average molecular weight is 343 g/mol. The van der Waals surface area contributed by atoms with Crippen molar-refractivity contribution in [3.05, 3.63) is 35.0 Å². The molecule has 0 radical (unpaired) electrons. The molecule has 2 rings (SSSR count). The molecule has 106 valence electrons. The lowest BCUT2D eigenvalue weighted by Gasteiger charge is -2.17. The summed E-state index contributed by atoms with van der Waals surface area (Å²) in [6.07, 6.45) is 0.309. The van der Waals surface area contributed by atoms with Crippen LogP contribution in [-0.4, -0.2) is 23.8 Å². The predicted molar refractivity (Wildman–Crippen MR) is 73.8 cm³/mol. The van der Waals surface area contributed by atoms with E-state index in [1.165, 1.54) is 6.26 Å². The minimum absolute atomic E-state index is 0.0936. The van der Waals surface area contributed by atoms with Crippen LogP contribution < -0.4 is 10.5 Å². The highest BCUT2D eigenvalue weighted by Crippen LogP contribution is 2.32. The molecule has 1 aromatic heterocycles. The standard InChI is InChI=1S/C13H12BrFN2O3/c14-8-1-2-11(20-12(3-5-15)13(16)18)9(7-8)10-4-6-19-17-10/h1-2,4,6-7,12H,3,5H2,(H2,16,18)/t12-/m0/s1. The Kier molecular flexibility index (Phi) is 4.73. The maximum absolute atomic E-state index is 12.4. The smallest absolute Gasteiger partial charge is 0.258 e. The number of alkyl halides is 1. The van der Waals surface area contributed by atoms with Crippen molar-refractivity contribution < 1.29 is 18.4 Å². The van der Waals surface area contributed by atoms with Gasteiger partial charge in [0.15, 0.2) is 6.10 Å². The van der Waals surface area contributed by atoms with E-state index in [2.05, 4.69) is 21.1 Å². The molecule has 1 amide bonds. The first-order valence-electron chi connectivity index (χ1n) is 5.84. The number of rotatable bonds is 6. The van der Waals surface area contributed by atoms with Crippen molar-refractivity contribution in [3.8, 4) is 17.0 Å². The van der Waals surface area contributed by atoms with Gasteiger partial charge in [-0.1, -0.05) is 21.1 Å². The van der Waals surface area contributed by atoms with Crippen molar-refractivity contribution in [2.45, 2.75) is 12.5 Å². The summed E-state index contributed by atoms with van der Waals surface area (Å²) in [7, 11) is 0. The second-order valence-electron chi connectivity index (χ2n) is 4.01. The Morgan fingerprint density at radius 3 is 2.90 bits per heavy atom. The maximum atomic E-state index is 12.4. The summed E-state index contributed by atoms with van der Waals surface area (Å²) in [5.41, 5.74) is 6.36. The SMILES string of the molecule is NC(=O)[C@H](CCF)Oc1ccc(Br)cc1-c1ccon1. The van der Waals surface area contributed by atoms with Crippen LogP contribution in [0.1, 0.15) is 6.42 Å². The number of hydrogen-bond donors (Lipinski definition) is 1. The summed E-state index contributed by atoms with van der Waals surface area (Å²) in [5.74, 6) is -0.323. The van der Waals surface area contributed by atoms with Crippen molar-refractivity contribution in [1.82, 2.24) is 5.16 Å². The monoisotopic (exact) mass is 342 g/mol. The Labute approximate surface area is 123 Å². The molecule has 2 aromatic rings. The van der Waals surface area contributed by atoms with Crippen LogP contribution in [0.15, 0.2) is 39.5 Å². The largest absolute Gasteiger partial charge is 0.480 e. The Balaban J connectivity index is 2.34. The van der Waals surface area contributed by atoms with E-state index in [-0.39, 0.29) is 6.42 Å². The number of nitrogens with two attached hydrogens (primary N) is 1. The van der Waals surface area contributed by atoms with Crippen LogP contribution in [0, 0.1) is 0 Å². The second kappa shape index (κ2) is 6.51. The van der Waals surface area contributed by atoms with Crippen molar-refractivity contribution in [2.75, 3.05) is 6.67 Å². The number of halogens is 2. The van der Waals surface area contributed by atoms with E-state index in [0.29, 0.717) is 17.0 Å². The number of benzene rings is 1. The van der Waals surface area contributed by atoms with Crippen molar-refractivity contribution >= 4 is 21.8 Å². The third kappa shape index (κ3) is 3.36. The normalized spacial score (nSPS) is 12.1. The molecule has 0 unspecified atom stereocenters. The van der Waals surface area contributed by atoms with E-state index < -0.39 is 18.7 Å². The first kappa shape index (κ1) is 14.5. The molecule has 0 fully saturated rings. The molecule has 0 aliphatic rings. The molecule has 7 heteroatoms. The van der Waals surface area contributed by atoms with Crippen molar-refractivity contribution in [3.63, 3.8) is 0 Å². The van der Waals surface area contributed by atoms with Gasteiger partial charge in [0, 0.05) is 22.5 Å². The van der Waals surface area contributed by atoms with E-state index in [1.807, 2.05) is 0 Å². The second-order valence-corrected chi connectivity index (χ2v) is 4.93. The van der Waals surface area contributed by atoms with Gasteiger partial charge < -0.3 is 15.0 Å². The molecule has 1 heterocycles. The summed E-state index contributed by atoms with van der Waals surface area (Å²) in [6.45, 7) is -0.691. The molecule has 0 aliphatic carbocycles. The lowest BCUT2D eigenvalue weighted by Crippen LogP contribution is -2.34. The molecule has 0 spiro atoms. The Morgan fingerprint density at radius 2 is 2.30 bits per heavy atom. The number of amides is 1. The highest BCUT2D eigenvalue weighted by molar-refractivity contribution is 9.10. The molecule has 0 bridgehead atoms. The number of carbonyl (C=O) groups excluding carboxylic acids is 1. The van der Waals surface area contributed by atoms with Gasteiger partial charge in [0.2, 0.25) is 0 Å². The molecule has 0 aliphatic heterocycles. The first-order chi connectivity index (χ1) is 9.61. The third-order valence-electron chi connectivity index (χ3n) is 2.61. The van der Waals surface area contributed by atoms with Gasteiger partial charge in [0.1, 0.15) is 17.7 Å². The average Bonchev–Trinajstić information content (AvgIpc) is 2.93. The van der Waals surface area contributed by atoms with Crippen LogP contribution >= 0.6 is 15.9 Å². The molecule has 20 heavy (non-hydrogen) atoms. The number of aromatic nitrogens is 1. The quantitative estimate of drug-likeness (QED) is 0.875. The van der Waals surface area contributed by atoms with Crippen LogP contribution in [0.3, 0.4) is 0 Å². The number of nitrogens with zero attached hydrogens (tertiary/aromatic N) is 1. The summed E-state index contributed by atoms with van der Waals surface area (Å²) in [6, 6.07) is 6.82. The fourth-order valence-electron chi connectivity index (χ4n) is 1.67. The molecule has 1 atom stereocenters. The summed E-state index contributed by atoms with van der Waals surface area (Å²) in [4.78, 5) is 11.2. The van der Waals surface area contributed by atoms with Gasteiger partial charge >= 0.3 is 0 Å². The van der Waals surface area contributed by atoms with Crippen LogP contribution in [0.25, 0.3) is 11.3 Å². The van der Waals surface area contributed by atoms with Gasteiger partial charge in [-0.3, -0.25) is 9.18 Å². The Hall–Kier alpha value is -1.89. The fraction of sp³-hybridized carbons (Fsp3) is 0.231. The van der Waals surface area contributed by atoms with E-state index in [4.69, 9.17) is 15.0 Å². The van der Waals surface area contributed by atoms with E-state index in [0.717, 1.165) is 4.47 Å². The maximum Gasteiger partial charge on any atom is 0.258 e. The van der Waals surface area contributed by atoms with E-state index in [9.17, 15) is 9.18 Å². The van der Waals surface area contributed by atoms with Gasteiger partial charge in [0.05, 0.1) is 6.67 Å². The summed E-state index contributed by atoms with van der Waals surface area (Å²) >= 11 is 3.34. The van der Waals surface area contributed by atoms with Crippen LogP contribution in [0.5, 0.6) is 5.75 Å². The zero-order valence-corrected chi connectivity index (χ0v) is 12.0. The molecule has 5 nitrogen and oxygen atoms in total. The molecule has 0 saturated heterocycles. The van der Waals surface area contributed by atoms with Crippen LogP contribution in [0.2, 0.25) is 0 Å². The van der Waals surface area contributed by atoms with Gasteiger partial charge in [-0.25, -0.2) is 0 Å². The first-order valence-corrected chi connectivity index (χ1v) is 6.63. The van der Waals surface area contributed by atoms with Gasteiger partial charge in [0.25, 0.3) is 5.91 Å². The molecule has 2 N–H and O–H groups in total. The summed E-state index contributed by atoms with van der Waals surface area (Å²) < 4.78 is 23.5. The lowest BCUT2D eigenvalue weighted by atomic mass is 10.1. The lowest BCUT2D eigenvalue weighted by molar-refractivity contribution is -0.125. The fourth-order valence-corrected chi connectivity index (χ4v) is 2.03.